The third-order valence-corrected chi connectivity index (χ3v) is 5.58. The fourth-order valence-electron chi connectivity index (χ4n) is 4.23. The molecule has 1 spiro atoms. The minimum Gasteiger partial charge on any atom is -0.480 e. The Hall–Kier alpha value is -2.01. The van der Waals surface area contributed by atoms with Gasteiger partial charge < -0.3 is 15.0 Å². The van der Waals surface area contributed by atoms with Crippen LogP contribution < -0.4 is 10.5 Å². The molecule has 0 unspecified atom stereocenters. The lowest BCUT2D eigenvalue weighted by Gasteiger charge is -2.41. The van der Waals surface area contributed by atoms with Crippen molar-refractivity contribution in [2.75, 3.05) is 0 Å². The van der Waals surface area contributed by atoms with Crippen LogP contribution in [0, 0.1) is 0 Å². The van der Waals surface area contributed by atoms with Gasteiger partial charge in [0.2, 0.25) is 0 Å². The fraction of sp³-hybridized carbons (Fsp3) is 0.444. The first-order valence-corrected chi connectivity index (χ1v) is 8.82. The Balaban J connectivity index is 2.08. The van der Waals surface area contributed by atoms with Crippen molar-refractivity contribution in [1.29, 1.82) is 0 Å². The van der Waals surface area contributed by atoms with Crippen LogP contribution in [0.15, 0.2) is 18.5 Å². The van der Waals surface area contributed by atoms with E-state index in [1.165, 1.54) is 6.42 Å². The molecule has 0 radical (unpaired) electrons. The van der Waals surface area contributed by atoms with Crippen LogP contribution in [0.4, 0.5) is 0 Å². The van der Waals surface area contributed by atoms with Gasteiger partial charge in [-0.3, -0.25) is 9.78 Å². The van der Waals surface area contributed by atoms with Gasteiger partial charge in [-0.1, -0.05) is 18.0 Å². The van der Waals surface area contributed by atoms with Crippen LogP contribution >= 0.6 is 11.6 Å². The molecule has 5 nitrogen and oxygen atoms in total. The van der Waals surface area contributed by atoms with Crippen LogP contribution in [0.5, 0.6) is 5.75 Å². The van der Waals surface area contributed by atoms with Crippen LogP contribution in [0.25, 0.3) is 11.3 Å². The Morgan fingerprint density at radius 3 is 2.83 bits per heavy atom. The maximum Gasteiger partial charge on any atom is 0.266 e. The summed E-state index contributed by atoms with van der Waals surface area (Å²) in [6, 6.07) is 1.91. The van der Waals surface area contributed by atoms with E-state index in [9.17, 15) is 4.79 Å². The predicted octanol–water partition coefficient (Wildman–Crippen LogP) is 3.87. The van der Waals surface area contributed by atoms with Gasteiger partial charge in [-0.15, -0.1) is 0 Å². The molecule has 0 aromatic carbocycles. The van der Waals surface area contributed by atoms with Gasteiger partial charge in [0, 0.05) is 23.9 Å². The summed E-state index contributed by atoms with van der Waals surface area (Å²) in [4.78, 5) is 16.3. The van der Waals surface area contributed by atoms with Crippen LogP contribution in [0.3, 0.4) is 0 Å². The lowest BCUT2D eigenvalue weighted by molar-refractivity contribution is 0.0236. The number of nitrogens with two attached hydrogens (primary N) is 1. The highest BCUT2D eigenvalue weighted by Gasteiger charge is 2.47. The Morgan fingerprint density at radius 1 is 1.42 bits per heavy atom. The molecule has 4 rings (SSSR count). The van der Waals surface area contributed by atoms with Crippen molar-refractivity contribution in [1.82, 2.24) is 9.55 Å². The van der Waals surface area contributed by atoms with E-state index < -0.39 is 11.5 Å². The van der Waals surface area contributed by atoms with Crippen molar-refractivity contribution >= 4 is 17.5 Å². The quantitative estimate of drug-likeness (QED) is 0.898. The minimum atomic E-state index is -0.502. The molecule has 1 aliphatic heterocycles. The van der Waals surface area contributed by atoms with Crippen LogP contribution in [0.1, 0.15) is 55.1 Å². The molecule has 0 saturated heterocycles. The summed E-state index contributed by atoms with van der Waals surface area (Å²) < 4.78 is 8.38. The van der Waals surface area contributed by atoms with Crippen molar-refractivity contribution in [3.05, 3.63) is 34.7 Å². The number of aromatic nitrogens is 2. The number of pyridine rings is 1. The van der Waals surface area contributed by atoms with Gasteiger partial charge in [-0.2, -0.15) is 0 Å². The molecular weight excluding hydrogens is 326 g/mol. The zero-order chi connectivity index (χ0) is 16.9. The van der Waals surface area contributed by atoms with Crippen LogP contribution in [0.2, 0.25) is 5.02 Å². The number of ether oxygens (including phenoxy) is 1. The molecule has 2 aromatic rings. The molecular formula is C18H20ClN3O2. The zero-order valence-corrected chi connectivity index (χ0v) is 14.4. The molecule has 2 aliphatic rings. The SMILES string of the molecule is CCn1c(C(N)=O)c(Cl)c2c1-c1ccncc1OC21CCCCC1. The van der Waals surface area contributed by atoms with E-state index in [2.05, 4.69) is 4.98 Å². The van der Waals surface area contributed by atoms with Gasteiger partial charge in [0.1, 0.15) is 17.0 Å². The minimum absolute atomic E-state index is 0.377. The van der Waals surface area contributed by atoms with Gasteiger partial charge in [0.15, 0.2) is 0 Å². The van der Waals surface area contributed by atoms with E-state index in [1.54, 1.807) is 12.4 Å². The Bertz CT molecular complexity index is 822. The van der Waals surface area contributed by atoms with Gasteiger partial charge in [0.05, 0.1) is 16.9 Å². The summed E-state index contributed by atoms with van der Waals surface area (Å²) in [5.74, 6) is 0.254. The number of rotatable bonds is 2. The molecule has 6 heteroatoms. The molecule has 0 bridgehead atoms. The van der Waals surface area contributed by atoms with Crippen molar-refractivity contribution < 1.29 is 9.53 Å². The summed E-state index contributed by atoms with van der Waals surface area (Å²) in [5.41, 5.74) is 8.35. The van der Waals surface area contributed by atoms with Crippen molar-refractivity contribution in [2.24, 2.45) is 5.73 Å². The largest absolute Gasteiger partial charge is 0.480 e. The molecule has 3 heterocycles. The lowest BCUT2D eigenvalue weighted by atomic mass is 9.77. The number of carbonyl (C=O) groups is 1. The highest BCUT2D eigenvalue weighted by molar-refractivity contribution is 6.35. The number of hydrogen-bond acceptors (Lipinski definition) is 3. The normalized spacial score (nSPS) is 17.9. The van der Waals surface area contributed by atoms with Crippen LogP contribution in [-0.4, -0.2) is 15.5 Å². The maximum atomic E-state index is 12.1. The molecule has 2 aromatic heterocycles. The molecule has 1 saturated carbocycles. The van der Waals surface area contributed by atoms with Gasteiger partial charge in [0.25, 0.3) is 5.91 Å². The standard InChI is InChI=1S/C18H20ClN3O2/c1-2-22-15-11-6-9-21-10-12(11)24-18(7-4-3-5-8-18)13(15)14(19)16(22)17(20)23/h6,9-10H,2-5,7-8H2,1H3,(H2,20,23). The maximum absolute atomic E-state index is 12.1. The molecule has 126 valence electrons. The number of primary amides is 1. The molecule has 24 heavy (non-hydrogen) atoms. The average Bonchev–Trinajstić information content (AvgIpc) is 2.89. The number of hydrogen-bond donors (Lipinski definition) is 1. The van der Waals surface area contributed by atoms with Crippen molar-refractivity contribution in [3.63, 3.8) is 0 Å². The first kappa shape index (κ1) is 15.5. The summed E-state index contributed by atoms with van der Waals surface area (Å²) in [7, 11) is 0. The second-order valence-corrected chi connectivity index (χ2v) is 6.90. The number of halogens is 1. The number of carbonyl (C=O) groups excluding carboxylic acids is 1. The molecule has 0 atom stereocenters. The topological polar surface area (TPSA) is 70.1 Å². The van der Waals surface area contributed by atoms with E-state index in [4.69, 9.17) is 22.1 Å². The molecule has 1 amide bonds. The van der Waals surface area contributed by atoms with E-state index >= 15 is 0 Å². The number of nitrogens with zero attached hydrogens (tertiary/aromatic N) is 2. The number of amides is 1. The van der Waals surface area contributed by atoms with Gasteiger partial charge in [-0.25, -0.2) is 0 Å². The first-order chi connectivity index (χ1) is 11.6. The van der Waals surface area contributed by atoms with E-state index in [-0.39, 0.29) is 0 Å². The first-order valence-electron chi connectivity index (χ1n) is 8.44. The van der Waals surface area contributed by atoms with E-state index in [0.717, 1.165) is 48.3 Å². The highest BCUT2D eigenvalue weighted by atomic mass is 35.5. The molecule has 2 N–H and O–H groups in total. The predicted molar refractivity (Wildman–Crippen MR) is 92.3 cm³/mol. The third-order valence-electron chi connectivity index (χ3n) is 5.22. The zero-order valence-electron chi connectivity index (χ0n) is 13.6. The van der Waals surface area contributed by atoms with Crippen LogP contribution in [-0.2, 0) is 12.1 Å². The Kier molecular flexibility index (Phi) is 3.57. The summed E-state index contributed by atoms with van der Waals surface area (Å²) in [6.07, 6.45) is 8.60. The highest BCUT2D eigenvalue weighted by Crippen LogP contribution is 2.54. The van der Waals surface area contributed by atoms with E-state index in [1.807, 2.05) is 17.6 Å². The summed E-state index contributed by atoms with van der Waals surface area (Å²) in [5, 5.41) is 0.448. The Morgan fingerprint density at radius 2 is 2.17 bits per heavy atom. The van der Waals surface area contributed by atoms with Gasteiger partial charge in [-0.05, 0) is 38.7 Å². The molecule has 1 fully saturated rings. The Labute approximate surface area is 145 Å². The number of fused-ring (bicyclic) bond motifs is 4. The van der Waals surface area contributed by atoms with E-state index in [0.29, 0.717) is 17.3 Å². The van der Waals surface area contributed by atoms with Gasteiger partial charge >= 0.3 is 0 Å². The third kappa shape index (κ3) is 2.00. The smallest absolute Gasteiger partial charge is 0.266 e. The lowest BCUT2D eigenvalue weighted by Crippen LogP contribution is -2.38. The van der Waals surface area contributed by atoms with Crippen molar-refractivity contribution in [3.8, 4) is 17.0 Å². The second kappa shape index (κ2) is 5.52. The van der Waals surface area contributed by atoms with Crippen molar-refractivity contribution in [2.45, 2.75) is 51.2 Å². The monoisotopic (exact) mass is 345 g/mol. The summed E-state index contributed by atoms with van der Waals surface area (Å²) in [6.45, 7) is 2.61. The average molecular weight is 346 g/mol. The summed E-state index contributed by atoms with van der Waals surface area (Å²) >= 11 is 6.69. The second-order valence-electron chi connectivity index (χ2n) is 6.52. The molecule has 1 aliphatic carbocycles. The fourth-order valence-corrected chi connectivity index (χ4v) is 4.69.